The van der Waals surface area contributed by atoms with Crippen LogP contribution < -0.4 is 5.32 Å². The summed E-state index contributed by atoms with van der Waals surface area (Å²) in [5, 5.41) is 2.41. The minimum atomic E-state index is -0.470. The number of urea groups is 1. The number of fused-ring (bicyclic) bond motifs is 1. The number of ether oxygens (including phenoxy) is 1. The molecule has 0 aromatic rings. The van der Waals surface area contributed by atoms with Crippen molar-refractivity contribution < 1.29 is 14.3 Å². The summed E-state index contributed by atoms with van der Waals surface area (Å²) in [4.78, 5) is 34.7. The Morgan fingerprint density at radius 2 is 2.00 bits per heavy atom. The number of hydrogen-bond acceptors (Lipinski definition) is 6. The van der Waals surface area contributed by atoms with Crippen molar-refractivity contribution in [3.8, 4) is 0 Å². The smallest absolute Gasteiger partial charge is 0.325 e. The summed E-state index contributed by atoms with van der Waals surface area (Å²) < 4.78 is 5.19. The number of aliphatic imine (C=N–C) groups is 1. The fraction of sp³-hybridized carbons (Fsp3) is 0.800. The Bertz CT molecular complexity index is 515. The van der Waals surface area contributed by atoms with Crippen LogP contribution in [0.5, 0.6) is 0 Å². The van der Waals surface area contributed by atoms with E-state index in [9.17, 15) is 9.59 Å². The molecule has 0 aromatic heterocycles. The van der Waals surface area contributed by atoms with Crippen LogP contribution in [0, 0.1) is 5.92 Å². The van der Waals surface area contributed by atoms with Gasteiger partial charge in [-0.1, -0.05) is 6.92 Å². The lowest BCUT2D eigenvalue weighted by Crippen LogP contribution is -2.64. The zero-order valence-electron chi connectivity index (χ0n) is 14.0. The molecule has 1 N–H and O–H groups in total. The Hall–Kier alpha value is -1.83. The van der Waals surface area contributed by atoms with Gasteiger partial charge in [0.25, 0.3) is 5.91 Å². The zero-order chi connectivity index (χ0) is 16.6. The lowest BCUT2D eigenvalue weighted by atomic mass is 9.99. The number of nitrogens with zero attached hydrogens (tertiary/aromatic N) is 4. The molecule has 2 atom stereocenters. The molecule has 0 radical (unpaired) electrons. The fourth-order valence-corrected chi connectivity index (χ4v) is 3.41. The number of methoxy groups -OCH3 is 1. The number of carbonyl (C=O) groups excluding carboxylic acids is 2. The van der Waals surface area contributed by atoms with E-state index in [1.54, 1.807) is 14.2 Å². The summed E-state index contributed by atoms with van der Waals surface area (Å²) in [5.41, 5.74) is 0. The van der Waals surface area contributed by atoms with Crippen molar-refractivity contribution in [1.29, 1.82) is 0 Å². The first kappa shape index (κ1) is 16.0. The van der Waals surface area contributed by atoms with Gasteiger partial charge in [-0.25, -0.2) is 9.79 Å². The molecule has 128 valence electrons. The Morgan fingerprint density at radius 1 is 1.30 bits per heavy atom. The number of amides is 3. The molecule has 3 amide bonds. The molecule has 8 heteroatoms. The van der Waals surface area contributed by atoms with Crippen LogP contribution in [0.3, 0.4) is 0 Å². The van der Waals surface area contributed by atoms with E-state index in [0.29, 0.717) is 13.2 Å². The highest BCUT2D eigenvalue weighted by atomic mass is 16.5. The maximum Gasteiger partial charge on any atom is 0.325 e. The first-order valence-corrected chi connectivity index (χ1v) is 8.19. The van der Waals surface area contributed by atoms with Crippen molar-refractivity contribution in [2.45, 2.75) is 32.0 Å². The van der Waals surface area contributed by atoms with Gasteiger partial charge in [0.05, 0.1) is 6.61 Å². The summed E-state index contributed by atoms with van der Waals surface area (Å²) in [6, 6.07) is -0.859. The first-order chi connectivity index (χ1) is 11.0. The van der Waals surface area contributed by atoms with Crippen LogP contribution in [-0.4, -0.2) is 85.2 Å². The fourth-order valence-electron chi connectivity index (χ4n) is 3.41. The quantitative estimate of drug-likeness (QED) is 0.786. The van der Waals surface area contributed by atoms with Crippen LogP contribution >= 0.6 is 0 Å². The highest BCUT2D eigenvalue weighted by Crippen LogP contribution is 2.27. The lowest BCUT2D eigenvalue weighted by Gasteiger charge is -2.39. The maximum absolute atomic E-state index is 12.4. The zero-order valence-corrected chi connectivity index (χ0v) is 14.0. The van der Waals surface area contributed by atoms with Gasteiger partial charge in [0.1, 0.15) is 0 Å². The number of imide groups is 1. The van der Waals surface area contributed by atoms with Crippen LogP contribution in [-0.2, 0) is 9.53 Å². The maximum atomic E-state index is 12.4. The molecule has 0 bridgehead atoms. The van der Waals surface area contributed by atoms with Crippen LogP contribution in [0.2, 0.25) is 0 Å². The first-order valence-electron chi connectivity index (χ1n) is 8.19. The SMILES string of the molecule is COCCN1C(N2CCC(C)CC2)=NC2C1C(=O)NC(=O)N2C. The standard InChI is InChI=1S/C15H25N5O3/c1-10-4-6-19(7-5-10)14-16-12-11(20(14)8-9-23-3)13(21)17-15(22)18(12)2/h10-12H,4-9H2,1-3H3,(H,17,21,22). The highest BCUT2D eigenvalue weighted by Gasteiger charge is 2.49. The Morgan fingerprint density at radius 3 is 2.65 bits per heavy atom. The molecular formula is C15H25N5O3. The molecule has 0 spiro atoms. The topological polar surface area (TPSA) is 77.5 Å². The summed E-state index contributed by atoms with van der Waals surface area (Å²) in [6.07, 6.45) is 1.78. The monoisotopic (exact) mass is 323 g/mol. The molecule has 0 aliphatic carbocycles. The van der Waals surface area contributed by atoms with Gasteiger partial charge in [-0.3, -0.25) is 10.1 Å². The van der Waals surface area contributed by atoms with Crippen molar-refractivity contribution in [3.63, 3.8) is 0 Å². The van der Waals surface area contributed by atoms with Crippen LogP contribution in [0.15, 0.2) is 4.99 Å². The Balaban J connectivity index is 1.85. The minimum absolute atomic E-state index is 0.279. The van der Waals surface area contributed by atoms with E-state index in [1.807, 2.05) is 4.90 Å². The molecule has 3 aliphatic heterocycles. The van der Waals surface area contributed by atoms with Crippen molar-refractivity contribution in [3.05, 3.63) is 0 Å². The number of piperidine rings is 1. The minimum Gasteiger partial charge on any atom is -0.383 e. The van der Waals surface area contributed by atoms with Gasteiger partial charge in [0.15, 0.2) is 18.2 Å². The molecule has 3 heterocycles. The highest BCUT2D eigenvalue weighted by molar-refractivity contribution is 6.03. The Kier molecular flexibility index (Phi) is 4.43. The molecule has 2 unspecified atom stereocenters. The number of likely N-dealkylation sites (N-methyl/N-ethyl adjacent to an activating group) is 1. The molecule has 3 rings (SSSR count). The van der Waals surface area contributed by atoms with Gasteiger partial charge < -0.3 is 19.4 Å². The predicted molar refractivity (Wildman–Crippen MR) is 84.9 cm³/mol. The molecular weight excluding hydrogens is 298 g/mol. The third-order valence-electron chi connectivity index (χ3n) is 4.94. The molecule has 3 aliphatic rings. The molecule has 0 aromatic carbocycles. The van der Waals surface area contributed by atoms with Crippen LogP contribution in [0.1, 0.15) is 19.8 Å². The number of rotatable bonds is 3. The van der Waals surface area contributed by atoms with E-state index in [2.05, 4.69) is 17.1 Å². The third-order valence-corrected chi connectivity index (χ3v) is 4.94. The second-order valence-corrected chi connectivity index (χ2v) is 6.55. The number of likely N-dealkylation sites (tertiary alicyclic amines) is 1. The summed E-state index contributed by atoms with van der Waals surface area (Å²) in [7, 11) is 3.32. The Labute approximate surface area is 136 Å². The average Bonchev–Trinajstić information content (AvgIpc) is 2.91. The van der Waals surface area contributed by atoms with E-state index >= 15 is 0 Å². The van der Waals surface area contributed by atoms with E-state index in [-0.39, 0.29) is 11.9 Å². The summed E-state index contributed by atoms with van der Waals surface area (Å²) in [5.74, 6) is 1.26. The van der Waals surface area contributed by atoms with Crippen molar-refractivity contribution in [1.82, 2.24) is 20.0 Å². The van der Waals surface area contributed by atoms with E-state index < -0.39 is 12.2 Å². The number of guanidine groups is 1. The van der Waals surface area contributed by atoms with Gasteiger partial charge in [0, 0.05) is 33.8 Å². The molecule has 8 nitrogen and oxygen atoms in total. The third kappa shape index (κ3) is 2.87. The molecule has 23 heavy (non-hydrogen) atoms. The van der Waals surface area contributed by atoms with Crippen molar-refractivity contribution in [2.24, 2.45) is 10.9 Å². The van der Waals surface area contributed by atoms with Crippen molar-refractivity contribution >= 4 is 17.9 Å². The lowest BCUT2D eigenvalue weighted by molar-refractivity contribution is -0.127. The summed E-state index contributed by atoms with van der Waals surface area (Å²) in [6.45, 7) is 5.22. The normalized spacial score (nSPS) is 28.8. The van der Waals surface area contributed by atoms with E-state index in [1.165, 1.54) is 4.90 Å². The average molecular weight is 323 g/mol. The van der Waals surface area contributed by atoms with Crippen LogP contribution in [0.4, 0.5) is 4.79 Å². The van der Waals surface area contributed by atoms with E-state index in [4.69, 9.17) is 9.73 Å². The molecule has 2 fully saturated rings. The van der Waals surface area contributed by atoms with Crippen LogP contribution in [0.25, 0.3) is 0 Å². The predicted octanol–water partition coefficient (Wildman–Crippen LogP) is -0.0874. The second-order valence-electron chi connectivity index (χ2n) is 6.55. The van der Waals surface area contributed by atoms with E-state index in [0.717, 1.165) is 37.8 Å². The largest absolute Gasteiger partial charge is 0.383 e. The van der Waals surface area contributed by atoms with Gasteiger partial charge in [-0.15, -0.1) is 0 Å². The molecule has 0 saturated carbocycles. The summed E-state index contributed by atoms with van der Waals surface area (Å²) >= 11 is 0. The number of nitrogens with one attached hydrogen (secondary N) is 1. The van der Waals surface area contributed by atoms with Gasteiger partial charge in [-0.05, 0) is 18.8 Å². The molecule has 2 saturated heterocycles. The number of carbonyl (C=O) groups is 2. The number of hydrogen-bond donors (Lipinski definition) is 1. The second kappa shape index (κ2) is 6.35. The van der Waals surface area contributed by atoms with Gasteiger partial charge >= 0.3 is 6.03 Å². The van der Waals surface area contributed by atoms with Gasteiger partial charge in [0.2, 0.25) is 0 Å². The van der Waals surface area contributed by atoms with Crippen molar-refractivity contribution in [2.75, 3.05) is 40.4 Å². The van der Waals surface area contributed by atoms with Gasteiger partial charge in [-0.2, -0.15) is 0 Å².